The van der Waals surface area contributed by atoms with E-state index in [1.165, 1.54) is 18.3 Å². The lowest BCUT2D eigenvalue weighted by Gasteiger charge is -2.28. The number of nitrogens with zero attached hydrogens (tertiary/aromatic N) is 2. The van der Waals surface area contributed by atoms with Crippen molar-refractivity contribution in [3.63, 3.8) is 0 Å². The maximum Gasteiger partial charge on any atom is 0.415 e. The van der Waals surface area contributed by atoms with Gasteiger partial charge in [-0.25, -0.2) is 14.2 Å². The van der Waals surface area contributed by atoms with Crippen molar-refractivity contribution in [3.05, 3.63) is 71.7 Å². The third-order valence-corrected chi connectivity index (χ3v) is 4.32. The fourth-order valence-electron chi connectivity index (χ4n) is 2.87. The second-order valence-electron chi connectivity index (χ2n) is 6.35. The highest BCUT2D eigenvalue weighted by molar-refractivity contribution is 5.74. The zero-order chi connectivity index (χ0) is 19.7. The molecular weight excluding hydrogens is 363 g/mol. The summed E-state index contributed by atoms with van der Waals surface area (Å²) in [6.45, 7) is 0.691. The predicted octanol–water partition coefficient (Wildman–Crippen LogP) is 4.18. The number of halogens is 1. The molecule has 4 N–H and O–H groups in total. The topological polar surface area (TPSA) is 104 Å². The van der Waals surface area contributed by atoms with Gasteiger partial charge in [-0.05, 0) is 42.0 Å². The van der Waals surface area contributed by atoms with Crippen LogP contribution in [-0.2, 0) is 13.1 Å². The number of ether oxygens (including phenoxy) is 2. The third-order valence-electron chi connectivity index (χ3n) is 4.32. The fraction of sp³-hybridized carbons (Fsp3) is 0.100. The molecule has 0 radical (unpaired) electrons. The largest absolute Gasteiger partial charge is 0.436 e. The van der Waals surface area contributed by atoms with Crippen LogP contribution < -0.4 is 20.9 Å². The monoisotopic (exact) mass is 384 g/mol. The highest BCUT2D eigenvalue weighted by Crippen LogP contribution is 2.33. The molecule has 1 aliphatic heterocycles. The lowest BCUT2D eigenvalue weighted by atomic mass is 10.1. The lowest BCUT2D eigenvalue weighted by molar-refractivity contribution is 0.135. The number of nitrogen functional groups attached to an aromatic ring is 2. The molecule has 1 aliphatic rings. The van der Waals surface area contributed by atoms with Crippen molar-refractivity contribution < 1.29 is 21.5 Å². The maximum atomic E-state index is 13.7. The van der Waals surface area contributed by atoms with Crippen LogP contribution in [-0.4, -0.2) is 16.0 Å². The molecule has 1 amide bonds. The van der Waals surface area contributed by atoms with Gasteiger partial charge in [-0.1, -0.05) is 6.07 Å². The standard InChI is InChI=1S/C20H17FN4O3.2H2/c21-15-2-1-7-24-19(15)27-14-5-4-13-11-25(20(26)28-18(13)9-14)10-12-3-6-16(22)17(23)8-12;;/h1-9H,10-11,22-23H2;2*1H. The van der Waals surface area contributed by atoms with Gasteiger partial charge in [0, 0.05) is 27.2 Å². The number of amides is 1. The molecule has 28 heavy (non-hydrogen) atoms. The SMILES string of the molecule is Nc1ccc(CN2Cc3ccc(Oc4ncccc4F)cc3OC2=O)cc1N.[HH].[HH]. The molecule has 0 fully saturated rings. The minimum absolute atomic E-state index is 0. The van der Waals surface area contributed by atoms with E-state index in [9.17, 15) is 9.18 Å². The van der Waals surface area contributed by atoms with Gasteiger partial charge in [0.05, 0.1) is 17.9 Å². The van der Waals surface area contributed by atoms with Crippen LogP contribution in [0.3, 0.4) is 0 Å². The Morgan fingerprint density at radius 2 is 2.04 bits per heavy atom. The number of nitrogens with two attached hydrogens (primary N) is 2. The number of hydrogen-bond acceptors (Lipinski definition) is 6. The van der Waals surface area contributed by atoms with Gasteiger partial charge in [0.15, 0.2) is 5.82 Å². The van der Waals surface area contributed by atoms with Gasteiger partial charge in [-0.15, -0.1) is 0 Å². The fourth-order valence-corrected chi connectivity index (χ4v) is 2.87. The zero-order valence-corrected chi connectivity index (χ0v) is 14.8. The molecule has 4 rings (SSSR count). The van der Waals surface area contributed by atoms with Gasteiger partial charge in [0.2, 0.25) is 0 Å². The first-order valence-electron chi connectivity index (χ1n) is 8.51. The normalized spacial score (nSPS) is 13.0. The van der Waals surface area contributed by atoms with Crippen LogP contribution in [0.25, 0.3) is 0 Å². The maximum absolute atomic E-state index is 13.7. The second kappa shape index (κ2) is 7.07. The summed E-state index contributed by atoms with van der Waals surface area (Å²) >= 11 is 0. The van der Waals surface area contributed by atoms with Gasteiger partial charge >= 0.3 is 6.09 Å². The minimum Gasteiger partial charge on any atom is -0.436 e. The van der Waals surface area contributed by atoms with E-state index in [-0.39, 0.29) is 8.73 Å². The molecule has 0 atom stereocenters. The van der Waals surface area contributed by atoms with Crippen LogP contribution in [0.4, 0.5) is 20.6 Å². The molecule has 8 heteroatoms. The Bertz CT molecular complexity index is 1070. The van der Waals surface area contributed by atoms with Crippen molar-refractivity contribution in [2.75, 3.05) is 11.5 Å². The summed E-state index contributed by atoms with van der Waals surface area (Å²) < 4.78 is 24.5. The number of anilines is 2. The molecular formula is C20H21FN4O3. The summed E-state index contributed by atoms with van der Waals surface area (Å²) in [5.41, 5.74) is 14.1. The van der Waals surface area contributed by atoms with Crippen LogP contribution in [0, 0.1) is 5.82 Å². The molecule has 2 aromatic carbocycles. The van der Waals surface area contributed by atoms with Gasteiger partial charge in [-0.2, -0.15) is 0 Å². The summed E-state index contributed by atoms with van der Waals surface area (Å²) in [7, 11) is 0. The number of carbonyl (C=O) groups excluding carboxylic acids is 1. The van der Waals surface area contributed by atoms with Crippen molar-refractivity contribution in [2.24, 2.45) is 0 Å². The van der Waals surface area contributed by atoms with E-state index in [1.54, 1.807) is 35.2 Å². The van der Waals surface area contributed by atoms with Crippen LogP contribution in [0.2, 0.25) is 0 Å². The Labute approximate surface area is 163 Å². The summed E-state index contributed by atoms with van der Waals surface area (Å²) in [6.07, 6.45) is 0.933. The highest BCUT2D eigenvalue weighted by atomic mass is 19.1. The molecule has 0 spiro atoms. The van der Waals surface area contributed by atoms with E-state index in [4.69, 9.17) is 20.9 Å². The number of fused-ring (bicyclic) bond motifs is 1. The average Bonchev–Trinajstić information content (AvgIpc) is 2.67. The highest BCUT2D eigenvalue weighted by Gasteiger charge is 2.25. The first-order valence-corrected chi connectivity index (χ1v) is 8.51. The number of benzene rings is 2. The summed E-state index contributed by atoms with van der Waals surface area (Å²) in [6, 6.07) is 13.0. The van der Waals surface area contributed by atoms with Crippen LogP contribution in [0.5, 0.6) is 17.4 Å². The van der Waals surface area contributed by atoms with E-state index in [0.717, 1.165) is 11.1 Å². The molecule has 3 aromatic rings. The van der Waals surface area contributed by atoms with Crippen molar-refractivity contribution in [1.29, 1.82) is 0 Å². The molecule has 7 nitrogen and oxygen atoms in total. The molecule has 0 unspecified atom stereocenters. The van der Waals surface area contributed by atoms with Crippen molar-refractivity contribution in [2.45, 2.75) is 13.1 Å². The smallest absolute Gasteiger partial charge is 0.415 e. The average molecular weight is 384 g/mol. The molecule has 2 heterocycles. The summed E-state index contributed by atoms with van der Waals surface area (Å²) in [5, 5.41) is 0. The number of pyridine rings is 1. The number of hydrogen-bond donors (Lipinski definition) is 2. The van der Waals surface area contributed by atoms with E-state index in [2.05, 4.69) is 4.98 Å². The van der Waals surface area contributed by atoms with Crippen LogP contribution >= 0.6 is 0 Å². The van der Waals surface area contributed by atoms with Gasteiger partial charge in [0.1, 0.15) is 11.5 Å². The predicted molar refractivity (Wildman–Crippen MR) is 105 cm³/mol. The minimum atomic E-state index is -0.578. The van der Waals surface area contributed by atoms with Gasteiger partial charge in [0.25, 0.3) is 5.88 Å². The van der Waals surface area contributed by atoms with Gasteiger partial charge in [-0.3, -0.25) is 4.90 Å². The van der Waals surface area contributed by atoms with Crippen molar-refractivity contribution >= 4 is 17.5 Å². The van der Waals surface area contributed by atoms with E-state index in [0.29, 0.717) is 36.0 Å². The Morgan fingerprint density at radius 3 is 2.82 bits per heavy atom. The van der Waals surface area contributed by atoms with E-state index in [1.807, 2.05) is 6.07 Å². The second-order valence-corrected chi connectivity index (χ2v) is 6.35. The molecule has 0 saturated carbocycles. The quantitative estimate of drug-likeness (QED) is 0.654. The molecule has 0 saturated heterocycles. The number of rotatable bonds is 4. The first-order chi connectivity index (χ1) is 13.5. The Balaban J connectivity index is 0.00000160. The molecule has 0 bridgehead atoms. The lowest BCUT2D eigenvalue weighted by Crippen LogP contribution is -2.36. The van der Waals surface area contributed by atoms with E-state index < -0.39 is 11.9 Å². The zero-order valence-electron chi connectivity index (χ0n) is 14.8. The molecule has 146 valence electrons. The molecule has 0 aliphatic carbocycles. The Morgan fingerprint density at radius 1 is 1.18 bits per heavy atom. The third kappa shape index (κ3) is 3.52. The number of carbonyl (C=O) groups is 1. The summed E-state index contributed by atoms with van der Waals surface area (Å²) in [5.74, 6) is -0.0332. The summed E-state index contributed by atoms with van der Waals surface area (Å²) in [4.78, 5) is 17.8. The van der Waals surface area contributed by atoms with Crippen LogP contribution in [0.1, 0.15) is 14.0 Å². The first kappa shape index (κ1) is 17.6. The van der Waals surface area contributed by atoms with E-state index >= 15 is 0 Å². The van der Waals surface area contributed by atoms with Gasteiger partial charge < -0.3 is 20.9 Å². The Kier molecular flexibility index (Phi) is 4.44. The van der Waals surface area contributed by atoms with Crippen molar-refractivity contribution in [1.82, 2.24) is 9.88 Å². The Hall–Kier alpha value is -3.81. The number of aromatic nitrogens is 1. The van der Waals surface area contributed by atoms with Crippen molar-refractivity contribution in [3.8, 4) is 17.4 Å². The van der Waals surface area contributed by atoms with Crippen LogP contribution in [0.15, 0.2) is 54.7 Å². The molecule has 1 aromatic heterocycles.